The maximum absolute atomic E-state index is 11.7. The summed E-state index contributed by atoms with van der Waals surface area (Å²) in [6, 6.07) is -1.36. The highest BCUT2D eigenvalue weighted by atomic mass is 16.8. The van der Waals surface area contributed by atoms with Crippen molar-refractivity contribution in [2.45, 2.75) is 112 Å². The number of amides is 1. The lowest BCUT2D eigenvalue weighted by Crippen LogP contribution is -2.68. The SMILES string of the molecule is CC(=O)N[C@@H]1[C@H](O[C@H]2[C@H](O)[C@@H](O)[C@@H](O[C@@H]3[C@@H](O)[C@H](C)O[C@@H](OCCCN)[C@@H]3O)O[C@@H]2CO)O[C@H](CO)[C@@H](O)[C@@H]1O. The Morgan fingerprint density at radius 1 is 0.775 bits per heavy atom. The van der Waals surface area contributed by atoms with E-state index in [4.69, 9.17) is 34.2 Å². The van der Waals surface area contributed by atoms with Crippen LogP contribution in [0.1, 0.15) is 20.3 Å². The van der Waals surface area contributed by atoms with E-state index >= 15 is 0 Å². The van der Waals surface area contributed by atoms with Gasteiger partial charge in [-0.05, 0) is 19.9 Å². The van der Waals surface area contributed by atoms with Crippen molar-refractivity contribution >= 4 is 5.91 Å². The van der Waals surface area contributed by atoms with Crippen molar-refractivity contribution in [2.75, 3.05) is 26.4 Å². The van der Waals surface area contributed by atoms with E-state index in [0.29, 0.717) is 13.0 Å². The Hall–Kier alpha value is -1.13. The van der Waals surface area contributed by atoms with Gasteiger partial charge < -0.3 is 80.3 Å². The maximum atomic E-state index is 11.7. The molecule has 3 heterocycles. The fourth-order valence-electron chi connectivity index (χ4n) is 4.81. The Labute approximate surface area is 230 Å². The van der Waals surface area contributed by atoms with Crippen LogP contribution in [-0.2, 0) is 33.2 Å². The summed E-state index contributed by atoms with van der Waals surface area (Å²) in [4.78, 5) is 11.7. The first-order valence-electron chi connectivity index (χ1n) is 13.1. The zero-order valence-electron chi connectivity index (χ0n) is 22.2. The van der Waals surface area contributed by atoms with Crippen molar-refractivity contribution in [1.82, 2.24) is 5.32 Å². The third-order valence-electron chi connectivity index (χ3n) is 7.07. The Morgan fingerprint density at radius 3 is 2.00 bits per heavy atom. The molecule has 0 radical (unpaired) electrons. The van der Waals surface area contributed by atoms with E-state index in [-0.39, 0.29) is 6.61 Å². The number of nitrogens with one attached hydrogen (secondary N) is 1. The third-order valence-corrected chi connectivity index (χ3v) is 7.07. The van der Waals surface area contributed by atoms with Crippen LogP contribution in [-0.4, -0.2) is 165 Å². The van der Waals surface area contributed by atoms with Crippen LogP contribution in [0.15, 0.2) is 0 Å². The first-order chi connectivity index (χ1) is 18.9. The number of hydrogen-bond donors (Lipinski definition) is 10. The van der Waals surface area contributed by atoms with Gasteiger partial charge in [0.25, 0.3) is 0 Å². The zero-order chi connectivity index (χ0) is 29.7. The predicted octanol–water partition coefficient (Wildman–Crippen LogP) is -6.03. The Kier molecular flexibility index (Phi) is 12.4. The fourth-order valence-corrected chi connectivity index (χ4v) is 4.81. The van der Waals surface area contributed by atoms with Crippen LogP contribution in [0.2, 0.25) is 0 Å². The maximum Gasteiger partial charge on any atom is 0.217 e. The minimum absolute atomic E-state index is 0.159. The topological polar surface area (TPSA) is 272 Å². The van der Waals surface area contributed by atoms with E-state index in [1.165, 1.54) is 6.92 Å². The van der Waals surface area contributed by atoms with E-state index in [2.05, 4.69) is 5.32 Å². The molecule has 15 atom stereocenters. The van der Waals surface area contributed by atoms with Crippen LogP contribution in [0.4, 0.5) is 0 Å². The molecule has 17 heteroatoms. The molecular weight excluding hydrogens is 544 g/mol. The van der Waals surface area contributed by atoms with Gasteiger partial charge in [-0.1, -0.05) is 0 Å². The van der Waals surface area contributed by atoms with E-state index in [1.807, 2.05) is 0 Å². The van der Waals surface area contributed by atoms with Gasteiger partial charge in [0.15, 0.2) is 18.9 Å². The standard InChI is InChI=1S/C23H42N2O15/c1-8-13(29)20(18(34)22(36-8)35-5-3-4-24)40-23-17(33)16(32)19(11(7-27)38-23)39-21-12(25-9(2)28)15(31)14(30)10(6-26)37-21/h8,10-23,26-27,29-34H,3-7,24H2,1-2H3,(H,25,28)/t8-,10+,11+,12-,13-,14+,15+,16+,17+,18+,19+,20+,21-,22+,23+/m0/s1. The molecule has 0 saturated carbocycles. The number of rotatable bonds is 11. The van der Waals surface area contributed by atoms with Crippen LogP contribution < -0.4 is 11.1 Å². The van der Waals surface area contributed by atoms with Gasteiger partial charge >= 0.3 is 0 Å². The second-order valence-corrected chi connectivity index (χ2v) is 10.0. The number of hydrogen-bond acceptors (Lipinski definition) is 16. The quantitative estimate of drug-likeness (QED) is 0.101. The number of ether oxygens (including phenoxy) is 6. The molecule has 3 aliphatic heterocycles. The van der Waals surface area contributed by atoms with Gasteiger partial charge in [0, 0.05) is 6.92 Å². The monoisotopic (exact) mass is 586 g/mol. The summed E-state index contributed by atoms with van der Waals surface area (Å²) in [6.07, 6.45) is -20.3. The van der Waals surface area contributed by atoms with Crippen molar-refractivity contribution in [3.05, 3.63) is 0 Å². The lowest BCUT2D eigenvalue weighted by Gasteiger charge is -2.48. The van der Waals surface area contributed by atoms with Crippen LogP contribution in [0.3, 0.4) is 0 Å². The molecule has 11 N–H and O–H groups in total. The summed E-state index contributed by atoms with van der Waals surface area (Å²) in [5.41, 5.74) is 5.45. The van der Waals surface area contributed by atoms with E-state index in [9.17, 15) is 45.6 Å². The third kappa shape index (κ3) is 7.44. The molecule has 0 unspecified atom stereocenters. The van der Waals surface area contributed by atoms with Crippen molar-refractivity contribution < 1.29 is 74.1 Å². The molecule has 0 aromatic carbocycles. The number of carbonyl (C=O) groups is 1. The molecule has 0 aromatic heterocycles. The number of aliphatic hydroxyl groups excluding tert-OH is 8. The molecule has 17 nitrogen and oxygen atoms in total. The molecule has 0 aliphatic carbocycles. The molecule has 3 aliphatic rings. The number of aliphatic hydroxyl groups is 8. The fraction of sp³-hybridized carbons (Fsp3) is 0.957. The van der Waals surface area contributed by atoms with Gasteiger partial charge in [0.1, 0.15) is 67.1 Å². The molecule has 234 valence electrons. The summed E-state index contributed by atoms with van der Waals surface area (Å²) in [6.45, 7) is 1.65. The number of carbonyl (C=O) groups excluding carboxylic acids is 1. The van der Waals surface area contributed by atoms with Gasteiger partial charge in [-0.15, -0.1) is 0 Å². The zero-order valence-corrected chi connectivity index (χ0v) is 22.2. The molecule has 0 aromatic rings. The summed E-state index contributed by atoms with van der Waals surface area (Å²) in [5.74, 6) is -0.614. The first kappa shape index (κ1) is 33.4. The van der Waals surface area contributed by atoms with Crippen LogP contribution in [0, 0.1) is 0 Å². The Bertz CT molecular complexity index is 795. The van der Waals surface area contributed by atoms with Gasteiger partial charge in [0.05, 0.1) is 25.9 Å². The smallest absolute Gasteiger partial charge is 0.217 e. The molecule has 3 saturated heterocycles. The van der Waals surface area contributed by atoms with Gasteiger partial charge in [0.2, 0.25) is 5.91 Å². The normalized spacial score (nSPS) is 46.2. The highest BCUT2D eigenvalue weighted by Crippen LogP contribution is 2.32. The second-order valence-electron chi connectivity index (χ2n) is 10.0. The summed E-state index contributed by atoms with van der Waals surface area (Å²) < 4.78 is 33.5. The average molecular weight is 587 g/mol. The Balaban J connectivity index is 1.74. The molecule has 40 heavy (non-hydrogen) atoms. The minimum atomic E-state index is -1.85. The number of nitrogens with two attached hydrogens (primary N) is 1. The van der Waals surface area contributed by atoms with Gasteiger partial charge in [-0.2, -0.15) is 0 Å². The molecule has 0 bridgehead atoms. The highest BCUT2D eigenvalue weighted by Gasteiger charge is 2.53. The minimum Gasteiger partial charge on any atom is -0.394 e. The van der Waals surface area contributed by atoms with Crippen molar-refractivity contribution in [3.63, 3.8) is 0 Å². The van der Waals surface area contributed by atoms with Gasteiger partial charge in [-0.3, -0.25) is 4.79 Å². The lowest BCUT2D eigenvalue weighted by molar-refractivity contribution is -0.373. The highest BCUT2D eigenvalue weighted by molar-refractivity contribution is 5.73. The van der Waals surface area contributed by atoms with Crippen LogP contribution in [0.25, 0.3) is 0 Å². The van der Waals surface area contributed by atoms with E-state index < -0.39 is 111 Å². The van der Waals surface area contributed by atoms with Gasteiger partial charge in [-0.25, -0.2) is 0 Å². The summed E-state index contributed by atoms with van der Waals surface area (Å²) in [5, 5.41) is 85.6. The predicted molar refractivity (Wildman–Crippen MR) is 129 cm³/mol. The van der Waals surface area contributed by atoms with Crippen molar-refractivity contribution in [2.24, 2.45) is 5.73 Å². The average Bonchev–Trinajstić information content (AvgIpc) is 2.92. The molecule has 0 spiro atoms. The molecule has 3 rings (SSSR count). The van der Waals surface area contributed by atoms with E-state index in [0.717, 1.165) is 6.92 Å². The lowest BCUT2D eigenvalue weighted by atomic mass is 9.95. The van der Waals surface area contributed by atoms with Crippen LogP contribution >= 0.6 is 0 Å². The van der Waals surface area contributed by atoms with Crippen molar-refractivity contribution in [1.29, 1.82) is 0 Å². The molecule has 3 fully saturated rings. The molecule has 1 amide bonds. The molecular formula is C23H42N2O15. The summed E-state index contributed by atoms with van der Waals surface area (Å²) in [7, 11) is 0. The van der Waals surface area contributed by atoms with E-state index in [1.54, 1.807) is 0 Å². The van der Waals surface area contributed by atoms with Crippen LogP contribution in [0.5, 0.6) is 0 Å². The first-order valence-corrected chi connectivity index (χ1v) is 13.1. The summed E-state index contributed by atoms with van der Waals surface area (Å²) >= 11 is 0. The Morgan fingerprint density at radius 2 is 1.40 bits per heavy atom. The van der Waals surface area contributed by atoms with Crippen molar-refractivity contribution in [3.8, 4) is 0 Å². The second kappa shape index (κ2) is 14.9. The largest absolute Gasteiger partial charge is 0.394 e.